The van der Waals surface area contributed by atoms with Crippen LogP contribution >= 0.6 is 0 Å². The summed E-state index contributed by atoms with van der Waals surface area (Å²) in [4.78, 5) is 11.0. The number of ketones is 1. The molecule has 0 fully saturated rings. The molecular weight excluding hydrogens is 136 g/mol. The molecule has 0 radical (unpaired) electrons. The first kappa shape index (κ1) is 10.7. The first-order valence-electron chi connectivity index (χ1n) is 4.27. The number of rotatable bonds is 2. The zero-order valence-electron chi connectivity index (χ0n) is 8.56. The van der Waals surface area contributed by atoms with Crippen LogP contribution in [0.5, 0.6) is 0 Å². The molecule has 0 saturated heterocycles. The van der Waals surface area contributed by atoms with Gasteiger partial charge in [0.1, 0.15) is 5.78 Å². The second-order valence-electron chi connectivity index (χ2n) is 4.55. The molecule has 1 nitrogen and oxygen atoms in total. The molecule has 2 atom stereocenters. The van der Waals surface area contributed by atoms with Gasteiger partial charge in [-0.05, 0) is 18.3 Å². The maximum absolute atomic E-state index is 11.0. The average molecular weight is 156 g/mol. The van der Waals surface area contributed by atoms with Gasteiger partial charge in [0.25, 0.3) is 0 Å². The van der Waals surface area contributed by atoms with Gasteiger partial charge in [-0.1, -0.05) is 34.6 Å². The molecule has 66 valence electrons. The highest BCUT2D eigenvalue weighted by Gasteiger charge is 2.27. The van der Waals surface area contributed by atoms with E-state index in [1.165, 1.54) is 0 Å². The molecule has 0 spiro atoms. The molecule has 0 saturated carbocycles. The molecule has 2 unspecified atom stereocenters. The second-order valence-corrected chi connectivity index (χ2v) is 4.55. The van der Waals surface area contributed by atoms with Crippen molar-refractivity contribution in [3.63, 3.8) is 0 Å². The highest BCUT2D eigenvalue weighted by Crippen LogP contribution is 2.31. The fraction of sp³-hybridized carbons (Fsp3) is 0.900. The summed E-state index contributed by atoms with van der Waals surface area (Å²) in [6.45, 7) is 12.4. The van der Waals surface area contributed by atoms with Gasteiger partial charge in [0.05, 0.1) is 0 Å². The van der Waals surface area contributed by atoms with Crippen molar-refractivity contribution >= 4 is 5.78 Å². The zero-order valence-corrected chi connectivity index (χ0v) is 8.56. The van der Waals surface area contributed by atoms with Crippen molar-refractivity contribution in [2.24, 2.45) is 17.3 Å². The van der Waals surface area contributed by atoms with Crippen molar-refractivity contribution in [1.29, 1.82) is 0 Å². The number of carbonyl (C=O) groups is 1. The molecule has 0 bridgehead atoms. The minimum atomic E-state index is 0.190. The Morgan fingerprint density at radius 1 is 1.18 bits per heavy atom. The van der Waals surface area contributed by atoms with Gasteiger partial charge >= 0.3 is 0 Å². The highest BCUT2D eigenvalue weighted by atomic mass is 16.1. The van der Waals surface area contributed by atoms with Crippen molar-refractivity contribution < 1.29 is 4.79 Å². The predicted molar refractivity (Wildman–Crippen MR) is 48.5 cm³/mol. The summed E-state index contributed by atoms with van der Waals surface area (Å²) in [5, 5.41) is 0. The van der Waals surface area contributed by atoms with Gasteiger partial charge in [0, 0.05) is 5.92 Å². The first-order valence-corrected chi connectivity index (χ1v) is 4.27. The van der Waals surface area contributed by atoms with Gasteiger partial charge in [-0.25, -0.2) is 0 Å². The monoisotopic (exact) mass is 156 g/mol. The van der Waals surface area contributed by atoms with Crippen LogP contribution in [0.3, 0.4) is 0 Å². The molecule has 0 heterocycles. The summed E-state index contributed by atoms with van der Waals surface area (Å²) in [5.41, 5.74) is 0.241. The topological polar surface area (TPSA) is 17.1 Å². The van der Waals surface area contributed by atoms with Gasteiger partial charge in [0.15, 0.2) is 0 Å². The summed E-state index contributed by atoms with van der Waals surface area (Å²) in [6.07, 6.45) is 0. The van der Waals surface area contributed by atoms with Crippen LogP contribution in [0.4, 0.5) is 0 Å². The van der Waals surface area contributed by atoms with Crippen molar-refractivity contribution in [3.05, 3.63) is 0 Å². The van der Waals surface area contributed by atoms with Gasteiger partial charge in [-0.15, -0.1) is 0 Å². The highest BCUT2D eigenvalue weighted by molar-refractivity contribution is 5.78. The molecule has 0 amide bonds. The Morgan fingerprint density at radius 3 is 1.64 bits per heavy atom. The summed E-state index contributed by atoms with van der Waals surface area (Å²) < 4.78 is 0. The molecule has 0 N–H and O–H groups in total. The van der Waals surface area contributed by atoms with Gasteiger partial charge in [-0.2, -0.15) is 0 Å². The van der Waals surface area contributed by atoms with E-state index < -0.39 is 0 Å². The van der Waals surface area contributed by atoms with Crippen LogP contribution in [0, 0.1) is 17.3 Å². The first-order chi connectivity index (χ1) is 4.76. The van der Waals surface area contributed by atoms with Crippen LogP contribution in [0.25, 0.3) is 0 Å². The minimum Gasteiger partial charge on any atom is -0.300 e. The lowest BCUT2D eigenvalue weighted by Crippen LogP contribution is -2.27. The summed E-state index contributed by atoms with van der Waals surface area (Å²) in [7, 11) is 0. The molecule has 11 heavy (non-hydrogen) atoms. The van der Waals surface area contributed by atoms with E-state index in [1.807, 2.05) is 6.92 Å². The maximum Gasteiger partial charge on any atom is 0.132 e. The maximum atomic E-state index is 11.0. The molecule has 0 aliphatic heterocycles. The number of carbonyl (C=O) groups excluding carboxylic acids is 1. The predicted octanol–water partition coefficient (Wildman–Crippen LogP) is 2.89. The Bertz CT molecular complexity index is 141. The smallest absolute Gasteiger partial charge is 0.132 e. The van der Waals surface area contributed by atoms with Gasteiger partial charge in [0.2, 0.25) is 0 Å². The largest absolute Gasteiger partial charge is 0.300 e. The quantitative estimate of drug-likeness (QED) is 0.601. The Hall–Kier alpha value is -0.330. The molecule has 0 aromatic carbocycles. The van der Waals surface area contributed by atoms with Gasteiger partial charge < -0.3 is 0 Å². The molecule has 0 aromatic heterocycles. The average Bonchev–Trinajstić information content (AvgIpc) is 1.82. The lowest BCUT2D eigenvalue weighted by atomic mass is 9.74. The van der Waals surface area contributed by atoms with Crippen molar-refractivity contribution in [2.75, 3.05) is 0 Å². The fourth-order valence-corrected chi connectivity index (χ4v) is 1.10. The van der Waals surface area contributed by atoms with E-state index in [1.54, 1.807) is 6.92 Å². The summed E-state index contributed by atoms with van der Waals surface area (Å²) >= 11 is 0. The van der Waals surface area contributed by atoms with E-state index in [2.05, 4.69) is 27.7 Å². The van der Waals surface area contributed by atoms with E-state index >= 15 is 0 Å². The lowest BCUT2D eigenvalue weighted by Gasteiger charge is -2.31. The summed E-state index contributed by atoms with van der Waals surface area (Å²) in [6, 6.07) is 0. The normalized spacial score (nSPS) is 17.6. The molecular formula is C10H20O. The fourth-order valence-electron chi connectivity index (χ4n) is 1.10. The third kappa shape index (κ3) is 3.04. The lowest BCUT2D eigenvalue weighted by molar-refractivity contribution is -0.122. The summed E-state index contributed by atoms with van der Waals surface area (Å²) in [5.74, 6) is 0.947. The van der Waals surface area contributed by atoms with E-state index in [4.69, 9.17) is 0 Å². The zero-order chi connectivity index (χ0) is 9.23. The Morgan fingerprint density at radius 2 is 1.55 bits per heavy atom. The number of hydrogen-bond donors (Lipinski definition) is 0. The third-order valence-corrected chi connectivity index (χ3v) is 2.76. The molecule has 0 aliphatic rings. The van der Waals surface area contributed by atoms with Crippen LogP contribution < -0.4 is 0 Å². The number of Topliss-reactive ketones (excluding diaryl/α,β-unsaturated/α-hetero) is 1. The van der Waals surface area contributed by atoms with Crippen LogP contribution in [-0.4, -0.2) is 5.78 Å². The Labute approximate surface area is 70.2 Å². The van der Waals surface area contributed by atoms with E-state index in [0.29, 0.717) is 11.7 Å². The number of hydrogen-bond acceptors (Lipinski definition) is 1. The van der Waals surface area contributed by atoms with Crippen LogP contribution in [0.2, 0.25) is 0 Å². The van der Waals surface area contributed by atoms with Crippen LogP contribution in [-0.2, 0) is 4.79 Å². The van der Waals surface area contributed by atoms with E-state index in [0.717, 1.165) is 0 Å². The standard InChI is InChI=1S/C10H20O/c1-7(9(3)11)8(2)10(4,5)6/h7-8H,1-6H3. The van der Waals surface area contributed by atoms with E-state index in [9.17, 15) is 4.79 Å². The van der Waals surface area contributed by atoms with Crippen LogP contribution in [0.1, 0.15) is 41.5 Å². The van der Waals surface area contributed by atoms with Crippen LogP contribution in [0.15, 0.2) is 0 Å². The third-order valence-electron chi connectivity index (χ3n) is 2.76. The molecule has 0 aromatic rings. The van der Waals surface area contributed by atoms with Gasteiger partial charge in [-0.3, -0.25) is 4.79 Å². The SMILES string of the molecule is CC(=O)C(C)C(C)C(C)(C)C. The van der Waals surface area contributed by atoms with Crippen molar-refractivity contribution in [2.45, 2.75) is 41.5 Å². The Balaban J connectivity index is 4.25. The molecule has 0 aliphatic carbocycles. The second kappa shape index (κ2) is 3.38. The van der Waals surface area contributed by atoms with E-state index in [-0.39, 0.29) is 11.3 Å². The molecule has 0 rings (SSSR count). The molecule has 1 heteroatoms. The Kier molecular flexibility index (Phi) is 3.28. The minimum absolute atomic E-state index is 0.190. The van der Waals surface area contributed by atoms with Crippen molar-refractivity contribution in [1.82, 2.24) is 0 Å². The van der Waals surface area contributed by atoms with Crippen molar-refractivity contribution in [3.8, 4) is 0 Å².